The van der Waals surface area contributed by atoms with E-state index in [9.17, 15) is 10.2 Å². The molecule has 1 heterocycles. The first-order chi connectivity index (χ1) is 9.16. The van der Waals surface area contributed by atoms with E-state index in [0.717, 1.165) is 27.7 Å². The van der Waals surface area contributed by atoms with Crippen LogP contribution in [0.1, 0.15) is 29.4 Å². The molecular weight excluding hydrogens is 306 g/mol. The number of aromatic hydroxyl groups is 2. The minimum Gasteiger partial charge on any atom is -0.494 e. The van der Waals surface area contributed by atoms with Gasteiger partial charge in [0.15, 0.2) is 0 Å². The van der Waals surface area contributed by atoms with Crippen LogP contribution in [0.5, 0.6) is 11.8 Å². The Morgan fingerprint density at radius 1 is 0.947 bits per heavy atom. The number of hydrogen-bond donors (Lipinski definition) is 2. The van der Waals surface area contributed by atoms with Gasteiger partial charge in [-0.3, -0.25) is 4.57 Å². The van der Waals surface area contributed by atoms with Crippen molar-refractivity contribution in [1.82, 2.24) is 4.57 Å². The Labute approximate surface area is 118 Å². The van der Waals surface area contributed by atoms with Crippen molar-refractivity contribution in [2.45, 2.75) is 18.3 Å². The van der Waals surface area contributed by atoms with E-state index in [1.54, 1.807) is 0 Å². The van der Waals surface area contributed by atoms with Crippen molar-refractivity contribution < 1.29 is 10.2 Å². The van der Waals surface area contributed by atoms with Crippen LogP contribution in [-0.4, -0.2) is 14.8 Å². The molecule has 96 valence electrons. The summed E-state index contributed by atoms with van der Waals surface area (Å²) in [5.41, 5.74) is 2.56. The fourth-order valence-electron chi connectivity index (χ4n) is 3.28. The topological polar surface area (TPSA) is 45.4 Å². The molecule has 0 unspecified atom stereocenters. The highest BCUT2D eigenvalue weighted by Crippen LogP contribution is 2.57. The summed E-state index contributed by atoms with van der Waals surface area (Å²) in [4.78, 5) is 0. The number of rotatable bonds is 1. The van der Waals surface area contributed by atoms with E-state index < -0.39 is 0 Å². The maximum absolute atomic E-state index is 10.4. The van der Waals surface area contributed by atoms with Crippen molar-refractivity contribution in [3.63, 3.8) is 0 Å². The van der Waals surface area contributed by atoms with Gasteiger partial charge in [-0.05, 0) is 30.7 Å². The molecule has 0 amide bonds. The lowest BCUT2D eigenvalue weighted by Crippen LogP contribution is -1.95. The molecule has 2 bridgehead atoms. The quantitative estimate of drug-likeness (QED) is 0.786. The van der Waals surface area contributed by atoms with Gasteiger partial charge in [0.25, 0.3) is 0 Å². The van der Waals surface area contributed by atoms with Gasteiger partial charge in [0.1, 0.15) is 0 Å². The van der Waals surface area contributed by atoms with E-state index in [2.05, 4.69) is 28.1 Å². The monoisotopic (exact) mass is 317 g/mol. The summed E-state index contributed by atoms with van der Waals surface area (Å²) in [5.74, 6) is 0.851. The molecule has 2 aromatic rings. The van der Waals surface area contributed by atoms with Crippen LogP contribution >= 0.6 is 15.9 Å². The van der Waals surface area contributed by atoms with Gasteiger partial charge in [-0.1, -0.05) is 28.1 Å². The first-order valence-corrected chi connectivity index (χ1v) is 7.07. The van der Waals surface area contributed by atoms with Crippen molar-refractivity contribution in [3.05, 3.63) is 52.0 Å². The van der Waals surface area contributed by atoms with Crippen LogP contribution in [0.2, 0.25) is 0 Å². The molecule has 0 saturated heterocycles. The summed E-state index contributed by atoms with van der Waals surface area (Å²) >= 11 is 3.38. The molecule has 2 atom stereocenters. The number of aromatic nitrogens is 1. The standard InChI is InChI=1S/C15H12BrNO2/c16-10-3-5-11(6-4-10)17-14(18)12-8-1-2-9(7-8)13(12)15(17)19/h1-6,8-9,18-19H,7H2/t8-,9+. The number of benzene rings is 1. The van der Waals surface area contributed by atoms with Gasteiger partial charge in [-0.2, -0.15) is 0 Å². The highest BCUT2D eigenvalue weighted by molar-refractivity contribution is 9.10. The Kier molecular flexibility index (Phi) is 2.16. The summed E-state index contributed by atoms with van der Waals surface area (Å²) in [6.07, 6.45) is 5.23. The Morgan fingerprint density at radius 3 is 2.00 bits per heavy atom. The molecule has 2 aliphatic rings. The fraction of sp³-hybridized carbons (Fsp3) is 0.200. The third-order valence-electron chi connectivity index (χ3n) is 4.11. The van der Waals surface area contributed by atoms with Gasteiger partial charge in [0.2, 0.25) is 11.8 Å². The summed E-state index contributed by atoms with van der Waals surface area (Å²) in [6.45, 7) is 0. The second-order valence-electron chi connectivity index (χ2n) is 5.12. The first-order valence-electron chi connectivity index (χ1n) is 6.27. The predicted octanol–water partition coefficient (Wildman–Crippen LogP) is 3.79. The van der Waals surface area contributed by atoms with Gasteiger partial charge < -0.3 is 10.2 Å². The van der Waals surface area contributed by atoms with Crippen LogP contribution in [0.3, 0.4) is 0 Å². The van der Waals surface area contributed by atoms with Crippen LogP contribution in [0.25, 0.3) is 5.69 Å². The molecule has 2 N–H and O–H groups in total. The smallest absolute Gasteiger partial charge is 0.202 e. The second kappa shape index (κ2) is 3.67. The normalized spacial score (nSPS) is 23.0. The van der Waals surface area contributed by atoms with Crippen LogP contribution in [0.15, 0.2) is 40.9 Å². The molecule has 1 aromatic carbocycles. The summed E-state index contributed by atoms with van der Waals surface area (Å²) < 4.78 is 2.50. The van der Waals surface area contributed by atoms with Crippen LogP contribution < -0.4 is 0 Å². The zero-order valence-corrected chi connectivity index (χ0v) is 11.6. The van der Waals surface area contributed by atoms with Gasteiger partial charge in [0.05, 0.1) is 5.69 Å². The first kappa shape index (κ1) is 11.2. The third kappa shape index (κ3) is 1.38. The minimum atomic E-state index is 0.173. The molecule has 3 nitrogen and oxygen atoms in total. The Balaban J connectivity index is 1.94. The maximum atomic E-state index is 10.4. The molecule has 0 spiro atoms. The van der Waals surface area contributed by atoms with E-state index in [0.29, 0.717) is 0 Å². The van der Waals surface area contributed by atoms with E-state index in [1.807, 2.05) is 24.3 Å². The van der Waals surface area contributed by atoms with Crippen LogP contribution in [0, 0.1) is 0 Å². The van der Waals surface area contributed by atoms with E-state index >= 15 is 0 Å². The predicted molar refractivity (Wildman–Crippen MR) is 76.0 cm³/mol. The van der Waals surface area contributed by atoms with Gasteiger partial charge >= 0.3 is 0 Å². The van der Waals surface area contributed by atoms with Crippen molar-refractivity contribution in [3.8, 4) is 17.4 Å². The molecule has 0 aliphatic heterocycles. The SMILES string of the molecule is Oc1c2c(c(O)n1-c1ccc(Br)cc1)[C@H]1C=C[C@@H]2C1. The lowest BCUT2D eigenvalue weighted by atomic mass is 10.0. The molecule has 0 fully saturated rings. The highest BCUT2D eigenvalue weighted by atomic mass is 79.9. The molecule has 4 heteroatoms. The molecule has 1 aromatic heterocycles. The summed E-state index contributed by atoms with van der Waals surface area (Å²) in [7, 11) is 0. The number of nitrogens with zero attached hydrogens (tertiary/aromatic N) is 1. The Bertz CT molecular complexity index is 664. The largest absolute Gasteiger partial charge is 0.494 e. The molecule has 19 heavy (non-hydrogen) atoms. The van der Waals surface area contributed by atoms with E-state index in [1.165, 1.54) is 4.57 Å². The zero-order chi connectivity index (χ0) is 13.1. The molecule has 0 saturated carbocycles. The number of fused-ring (bicyclic) bond motifs is 5. The average molecular weight is 318 g/mol. The Hall–Kier alpha value is -1.68. The molecular formula is C15H12BrNO2. The van der Waals surface area contributed by atoms with E-state index in [4.69, 9.17) is 0 Å². The second-order valence-corrected chi connectivity index (χ2v) is 6.04. The van der Waals surface area contributed by atoms with Gasteiger partial charge in [0, 0.05) is 27.4 Å². The minimum absolute atomic E-state index is 0.173. The molecule has 0 radical (unpaired) electrons. The van der Waals surface area contributed by atoms with Crippen molar-refractivity contribution in [1.29, 1.82) is 0 Å². The van der Waals surface area contributed by atoms with Crippen LogP contribution in [0.4, 0.5) is 0 Å². The third-order valence-corrected chi connectivity index (χ3v) is 4.63. The number of hydrogen-bond acceptors (Lipinski definition) is 2. The van der Waals surface area contributed by atoms with Gasteiger partial charge in [-0.15, -0.1) is 0 Å². The lowest BCUT2D eigenvalue weighted by molar-refractivity contribution is 0.395. The number of halogens is 1. The highest BCUT2D eigenvalue weighted by Gasteiger charge is 2.41. The van der Waals surface area contributed by atoms with Crippen molar-refractivity contribution in [2.24, 2.45) is 0 Å². The zero-order valence-electron chi connectivity index (χ0n) is 10.0. The number of allylic oxidation sites excluding steroid dienone is 2. The lowest BCUT2D eigenvalue weighted by Gasteiger charge is -2.09. The van der Waals surface area contributed by atoms with Crippen LogP contribution in [-0.2, 0) is 0 Å². The Morgan fingerprint density at radius 2 is 1.47 bits per heavy atom. The van der Waals surface area contributed by atoms with Crippen molar-refractivity contribution in [2.75, 3.05) is 0 Å². The van der Waals surface area contributed by atoms with E-state index in [-0.39, 0.29) is 23.6 Å². The molecule has 4 rings (SSSR count). The summed E-state index contributed by atoms with van der Waals surface area (Å²) in [6, 6.07) is 7.53. The fourth-order valence-corrected chi connectivity index (χ4v) is 3.54. The molecule has 2 aliphatic carbocycles. The average Bonchev–Trinajstić information content (AvgIpc) is 3.06. The summed E-state index contributed by atoms with van der Waals surface area (Å²) in [5, 5.41) is 20.9. The van der Waals surface area contributed by atoms with Crippen molar-refractivity contribution >= 4 is 15.9 Å². The van der Waals surface area contributed by atoms with Gasteiger partial charge in [-0.25, -0.2) is 0 Å². The maximum Gasteiger partial charge on any atom is 0.202 e.